The minimum Gasteiger partial charge on any atom is -0.311 e. The molecule has 2 nitrogen and oxygen atoms in total. The van der Waals surface area contributed by atoms with Gasteiger partial charge in [-0.15, -0.1) is 0 Å². The minimum absolute atomic E-state index is 1.11. The third-order valence-corrected chi connectivity index (χ3v) is 10.6. The minimum atomic E-state index is 1.11. The summed E-state index contributed by atoms with van der Waals surface area (Å²) in [4.78, 5) is 2.32. The number of nitrogens with zero attached hydrogens (tertiary/aromatic N) is 2. The van der Waals surface area contributed by atoms with E-state index in [1.54, 1.807) is 0 Å². The molecule has 9 aromatic carbocycles. The van der Waals surface area contributed by atoms with Crippen LogP contribution in [0.25, 0.3) is 71.6 Å². The highest BCUT2D eigenvalue weighted by atomic mass is 15.1. The second-order valence-electron chi connectivity index (χ2n) is 13.8. The first-order chi connectivity index (χ1) is 26.8. The first-order valence-corrected chi connectivity index (χ1v) is 18.5. The predicted octanol–water partition coefficient (Wildman–Crippen LogP) is 14.4. The Morgan fingerprint density at radius 1 is 0.278 bits per heavy atom. The Balaban J connectivity index is 0.950. The fourth-order valence-electron chi connectivity index (χ4n) is 7.85. The highest BCUT2D eigenvalue weighted by Crippen LogP contribution is 2.38. The van der Waals surface area contributed by atoms with Gasteiger partial charge in [0, 0.05) is 33.5 Å². The smallest absolute Gasteiger partial charge is 0.0547 e. The molecule has 0 atom stereocenters. The van der Waals surface area contributed by atoms with Crippen LogP contribution in [0.3, 0.4) is 0 Å². The van der Waals surface area contributed by atoms with Gasteiger partial charge in [-0.25, -0.2) is 0 Å². The molecule has 0 aliphatic heterocycles. The number of hydrogen-bond acceptors (Lipinski definition) is 1. The van der Waals surface area contributed by atoms with Crippen molar-refractivity contribution in [3.05, 3.63) is 218 Å². The lowest BCUT2D eigenvalue weighted by Crippen LogP contribution is -2.09. The highest BCUT2D eigenvalue weighted by Gasteiger charge is 2.15. The van der Waals surface area contributed by atoms with Gasteiger partial charge in [-0.2, -0.15) is 0 Å². The topological polar surface area (TPSA) is 8.17 Å². The lowest BCUT2D eigenvalue weighted by molar-refractivity contribution is 1.18. The number of para-hydroxylation sites is 2. The van der Waals surface area contributed by atoms with Crippen LogP contribution in [0.5, 0.6) is 0 Å². The van der Waals surface area contributed by atoms with Crippen LogP contribution in [0.15, 0.2) is 218 Å². The summed E-state index contributed by atoms with van der Waals surface area (Å²) in [6, 6.07) is 78.7. The lowest BCUT2D eigenvalue weighted by Gasteiger charge is -2.26. The molecule has 10 aromatic rings. The van der Waals surface area contributed by atoms with E-state index in [0.717, 1.165) is 22.7 Å². The zero-order chi connectivity index (χ0) is 35.8. The molecular formula is C52H36N2. The molecule has 254 valence electrons. The van der Waals surface area contributed by atoms with E-state index in [1.165, 1.54) is 66.0 Å². The molecule has 0 spiro atoms. The van der Waals surface area contributed by atoms with Gasteiger partial charge in [0.25, 0.3) is 0 Å². The fraction of sp³-hybridized carbons (Fsp3) is 0. The second-order valence-corrected chi connectivity index (χ2v) is 13.8. The molecule has 0 saturated carbocycles. The van der Waals surface area contributed by atoms with Gasteiger partial charge in [-0.1, -0.05) is 152 Å². The first kappa shape index (κ1) is 31.6. The van der Waals surface area contributed by atoms with E-state index in [2.05, 4.69) is 228 Å². The number of hydrogen-bond donors (Lipinski definition) is 0. The van der Waals surface area contributed by atoms with Crippen LogP contribution in [-0.2, 0) is 0 Å². The van der Waals surface area contributed by atoms with Crippen molar-refractivity contribution in [2.24, 2.45) is 0 Å². The molecule has 1 aromatic heterocycles. The summed E-state index contributed by atoms with van der Waals surface area (Å²) in [7, 11) is 0. The van der Waals surface area contributed by atoms with Crippen molar-refractivity contribution >= 4 is 49.6 Å². The number of benzene rings is 9. The molecule has 0 radical (unpaired) electrons. The molecule has 0 amide bonds. The lowest BCUT2D eigenvalue weighted by atomic mass is 10.00. The van der Waals surface area contributed by atoms with Gasteiger partial charge in [0.2, 0.25) is 0 Å². The van der Waals surface area contributed by atoms with Crippen molar-refractivity contribution in [1.82, 2.24) is 4.57 Å². The summed E-state index contributed by atoms with van der Waals surface area (Å²) in [5.41, 5.74) is 14.2. The van der Waals surface area contributed by atoms with Crippen molar-refractivity contribution in [3.63, 3.8) is 0 Å². The number of fused-ring (bicyclic) bond motifs is 4. The van der Waals surface area contributed by atoms with E-state index >= 15 is 0 Å². The summed E-state index contributed by atoms with van der Waals surface area (Å²) in [5, 5.41) is 5.06. The molecule has 54 heavy (non-hydrogen) atoms. The molecular weight excluding hydrogens is 653 g/mol. The molecule has 1 heterocycles. The Morgan fingerprint density at radius 3 is 1.26 bits per heavy atom. The molecule has 2 heteroatoms. The molecule has 0 unspecified atom stereocenters. The largest absolute Gasteiger partial charge is 0.311 e. The molecule has 0 bridgehead atoms. The molecule has 0 saturated heterocycles. The van der Waals surface area contributed by atoms with Gasteiger partial charge in [0.1, 0.15) is 0 Å². The van der Waals surface area contributed by atoms with Gasteiger partial charge < -0.3 is 9.47 Å². The normalized spacial score (nSPS) is 11.3. The molecule has 0 fully saturated rings. The third-order valence-electron chi connectivity index (χ3n) is 10.6. The highest BCUT2D eigenvalue weighted by molar-refractivity contribution is 6.13. The van der Waals surface area contributed by atoms with E-state index in [-0.39, 0.29) is 0 Å². The molecule has 0 N–H and O–H groups in total. The summed E-state index contributed by atoms with van der Waals surface area (Å²) < 4.78 is 2.40. The fourth-order valence-corrected chi connectivity index (χ4v) is 7.85. The number of rotatable bonds is 7. The van der Waals surface area contributed by atoms with Crippen LogP contribution < -0.4 is 4.90 Å². The van der Waals surface area contributed by atoms with Crippen molar-refractivity contribution in [3.8, 4) is 39.1 Å². The van der Waals surface area contributed by atoms with Crippen molar-refractivity contribution in [2.75, 3.05) is 4.90 Å². The Kier molecular flexibility index (Phi) is 7.85. The zero-order valence-electron chi connectivity index (χ0n) is 29.7. The maximum atomic E-state index is 2.40. The van der Waals surface area contributed by atoms with Gasteiger partial charge >= 0.3 is 0 Å². The third kappa shape index (κ3) is 5.71. The average molecular weight is 689 g/mol. The monoisotopic (exact) mass is 688 g/mol. The van der Waals surface area contributed by atoms with Crippen LogP contribution >= 0.6 is 0 Å². The van der Waals surface area contributed by atoms with E-state index in [4.69, 9.17) is 0 Å². The molecule has 0 aliphatic carbocycles. The molecule has 0 aliphatic rings. The van der Waals surface area contributed by atoms with E-state index in [9.17, 15) is 0 Å². The first-order valence-electron chi connectivity index (χ1n) is 18.5. The summed E-state index contributed by atoms with van der Waals surface area (Å²) >= 11 is 0. The van der Waals surface area contributed by atoms with Crippen molar-refractivity contribution in [1.29, 1.82) is 0 Å². The Bertz CT molecular complexity index is 2870. The standard InChI is InChI=1S/C52H36N2/c1-3-11-37(12-4-1)38-19-21-39(22-20-38)40-23-29-46(30-24-40)53(45-15-5-2-6-16-45)47-31-25-41(26-32-47)42-27-33-48(34-28-42)54-51-18-10-9-17-49(51)50-35-43-13-7-8-14-44(43)36-52(50)54/h1-36H. The summed E-state index contributed by atoms with van der Waals surface area (Å²) in [6.07, 6.45) is 0. The van der Waals surface area contributed by atoms with Crippen LogP contribution in [0.1, 0.15) is 0 Å². The predicted molar refractivity (Wildman–Crippen MR) is 229 cm³/mol. The Hall–Kier alpha value is -7.16. The van der Waals surface area contributed by atoms with Gasteiger partial charge in [0.05, 0.1) is 11.0 Å². The number of anilines is 3. The summed E-state index contributed by atoms with van der Waals surface area (Å²) in [6.45, 7) is 0. The Labute approximate surface area is 315 Å². The maximum absolute atomic E-state index is 2.40. The zero-order valence-corrected chi connectivity index (χ0v) is 29.7. The van der Waals surface area contributed by atoms with E-state index in [0.29, 0.717) is 0 Å². The van der Waals surface area contributed by atoms with Crippen LogP contribution in [0, 0.1) is 0 Å². The van der Waals surface area contributed by atoms with Crippen LogP contribution in [0.2, 0.25) is 0 Å². The molecule has 10 rings (SSSR count). The van der Waals surface area contributed by atoms with Crippen LogP contribution in [-0.4, -0.2) is 4.57 Å². The van der Waals surface area contributed by atoms with Gasteiger partial charge in [0.15, 0.2) is 0 Å². The van der Waals surface area contributed by atoms with E-state index in [1.807, 2.05) is 0 Å². The quantitative estimate of drug-likeness (QED) is 0.162. The number of aromatic nitrogens is 1. The van der Waals surface area contributed by atoms with Crippen molar-refractivity contribution < 1.29 is 0 Å². The Morgan fingerprint density at radius 2 is 0.685 bits per heavy atom. The van der Waals surface area contributed by atoms with Crippen molar-refractivity contribution in [2.45, 2.75) is 0 Å². The second kappa shape index (κ2) is 13.4. The van der Waals surface area contributed by atoms with Gasteiger partial charge in [-0.3, -0.25) is 0 Å². The SMILES string of the molecule is c1ccc(-c2ccc(-c3ccc(N(c4ccccc4)c4ccc(-c5ccc(-n6c7ccccc7c7cc8ccccc8cc76)cc5)cc4)cc3)cc2)cc1. The van der Waals surface area contributed by atoms with E-state index < -0.39 is 0 Å². The maximum Gasteiger partial charge on any atom is 0.0547 e. The summed E-state index contributed by atoms with van der Waals surface area (Å²) in [5.74, 6) is 0. The van der Waals surface area contributed by atoms with Crippen LogP contribution in [0.4, 0.5) is 17.1 Å². The van der Waals surface area contributed by atoms with Gasteiger partial charge in [-0.05, 0) is 111 Å². The average Bonchev–Trinajstić information content (AvgIpc) is 3.57.